The molecule has 0 saturated heterocycles. The zero-order chi connectivity index (χ0) is 17.7. The number of rotatable bonds is 6. The molecule has 1 aliphatic rings. The first-order valence-corrected chi connectivity index (χ1v) is 7.26. The van der Waals surface area contributed by atoms with Crippen molar-refractivity contribution < 1.29 is 14.3 Å². The molecular weight excluding hydrogens is 268 g/mol. The third-order valence-electron chi connectivity index (χ3n) is 4.11. The fourth-order valence-corrected chi connectivity index (χ4v) is 3.05. The standard InChI is InChI=1S/C16H22N2O3/c1-12(2)16(13-6-4-3-5-7-13)17(19)14-8-10-15(11-9-14)18(20)21/h8-11,13,16,19H,1,3-7H2,2H3/i1D2,19D. The predicted molar refractivity (Wildman–Crippen MR) is 82.5 cm³/mol. The molecule has 1 N–H and O–H groups in total. The van der Waals surface area contributed by atoms with E-state index in [2.05, 4.69) is 0 Å². The van der Waals surface area contributed by atoms with Gasteiger partial charge in [-0.3, -0.25) is 15.3 Å². The van der Waals surface area contributed by atoms with Crippen molar-refractivity contribution in [1.29, 1.82) is 0 Å². The van der Waals surface area contributed by atoms with Crippen molar-refractivity contribution in [2.75, 3.05) is 5.06 Å². The molecule has 1 saturated carbocycles. The number of nitrogens with zero attached hydrogens (tertiary/aromatic N) is 2. The average Bonchev–Trinajstić information content (AvgIpc) is 2.59. The summed E-state index contributed by atoms with van der Waals surface area (Å²) >= 11 is 0. The van der Waals surface area contributed by atoms with Crippen LogP contribution in [0.4, 0.5) is 11.4 Å². The van der Waals surface area contributed by atoms with Gasteiger partial charge in [-0.1, -0.05) is 31.4 Å². The molecule has 0 spiro atoms. The summed E-state index contributed by atoms with van der Waals surface area (Å²) in [6.45, 7) is 1.43. The predicted octanol–water partition coefficient (Wildman–Crippen LogP) is 4.32. The van der Waals surface area contributed by atoms with Crippen LogP contribution in [0.3, 0.4) is 0 Å². The second kappa shape index (κ2) is 6.72. The van der Waals surface area contributed by atoms with Crippen molar-refractivity contribution in [3.8, 4) is 0 Å². The number of hydroxylamine groups is 1. The van der Waals surface area contributed by atoms with Crippen molar-refractivity contribution >= 4 is 11.4 Å². The van der Waals surface area contributed by atoms with Crippen LogP contribution in [0.1, 0.15) is 41.8 Å². The van der Waals surface area contributed by atoms with Gasteiger partial charge in [0.05, 0.1) is 19.4 Å². The Morgan fingerprint density at radius 2 is 2.14 bits per heavy atom. The van der Waals surface area contributed by atoms with Gasteiger partial charge < -0.3 is 0 Å². The van der Waals surface area contributed by atoms with Crippen LogP contribution in [0.25, 0.3) is 0 Å². The minimum Gasteiger partial charge on any atom is -0.288 e. The number of hydrogen-bond acceptors (Lipinski definition) is 4. The Labute approximate surface area is 129 Å². The van der Waals surface area contributed by atoms with Crippen LogP contribution in [0.2, 0.25) is 1.43 Å². The van der Waals surface area contributed by atoms with Crippen LogP contribution < -0.4 is 5.06 Å². The molecule has 2 rings (SSSR count). The maximum atomic E-state index is 10.8. The molecule has 1 unspecified atom stereocenters. The van der Waals surface area contributed by atoms with Crippen molar-refractivity contribution in [2.45, 2.75) is 45.1 Å². The molecule has 1 fully saturated rings. The van der Waals surface area contributed by atoms with Crippen LogP contribution in [-0.4, -0.2) is 16.2 Å². The lowest BCUT2D eigenvalue weighted by Gasteiger charge is -2.36. The SMILES string of the molecule is [2H]ON(c1ccc([N+](=O)[O-])cc1)C(C(C)=C([2H])[2H])C1CCCCC1. The summed E-state index contributed by atoms with van der Waals surface area (Å²) in [5, 5.41) is 17.0. The van der Waals surface area contributed by atoms with Gasteiger partial charge >= 0.3 is 0 Å². The maximum Gasteiger partial charge on any atom is 0.269 e. The van der Waals surface area contributed by atoms with Gasteiger partial charge in [0.25, 0.3) is 5.69 Å². The highest BCUT2D eigenvalue weighted by atomic mass is 16.6. The summed E-state index contributed by atoms with van der Waals surface area (Å²) in [5.41, 5.74) is 1.01. The van der Waals surface area contributed by atoms with Crippen molar-refractivity contribution in [2.24, 2.45) is 5.92 Å². The van der Waals surface area contributed by atoms with Crippen LogP contribution in [0.5, 0.6) is 0 Å². The first-order chi connectivity index (χ1) is 11.5. The van der Waals surface area contributed by atoms with E-state index in [-0.39, 0.29) is 18.1 Å². The summed E-state index contributed by atoms with van der Waals surface area (Å²) < 4.78 is 22.8. The van der Waals surface area contributed by atoms with Gasteiger partial charge in [-0.05, 0) is 37.8 Å². The van der Waals surface area contributed by atoms with E-state index in [0.717, 1.165) is 25.7 Å². The fraction of sp³-hybridized carbons (Fsp3) is 0.500. The quantitative estimate of drug-likeness (QED) is 0.482. The molecule has 0 amide bonds. The minimum absolute atomic E-state index is 0.0353. The zero-order valence-electron chi connectivity index (χ0n) is 15.1. The number of anilines is 1. The monoisotopic (exact) mass is 293 g/mol. The van der Waals surface area contributed by atoms with Crippen LogP contribution in [0.15, 0.2) is 36.4 Å². The van der Waals surface area contributed by atoms with E-state index < -0.39 is 11.0 Å². The minimum atomic E-state index is -0.481. The van der Waals surface area contributed by atoms with Gasteiger partial charge in [-0.25, -0.2) is 5.06 Å². The highest BCUT2D eigenvalue weighted by molar-refractivity contribution is 5.50. The molecule has 1 aromatic carbocycles. The van der Waals surface area contributed by atoms with Gasteiger partial charge in [0.1, 0.15) is 0 Å². The highest BCUT2D eigenvalue weighted by Crippen LogP contribution is 2.33. The lowest BCUT2D eigenvalue weighted by molar-refractivity contribution is -0.384. The Kier molecular flexibility index (Phi) is 3.76. The summed E-state index contributed by atoms with van der Waals surface area (Å²) in [6, 6.07) is 5.39. The van der Waals surface area contributed by atoms with Crippen molar-refractivity contribution in [1.82, 2.24) is 0 Å². The van der Waals surface area contributed by atoms with Crippen LogP contribution in [0, 0.1) is 16.0 Å². The molecule has 21 heavy (non-hydrogen) atoms. The first kappa shape index (κ1) is 11.7. The van der Waals surface area contributed by atoms with E-state index in [1.165, 1.54) is 35.7 Å². The second-order valence-electron chi connectivity index (χ2n) is 5.63. The topological polar surface area (TPSA) is 66.6 Å². The number of nitro groups is 1. The maximum absolute atomic E-state index is 10.8. The number of benzene rings is 1. The molecule has 1 atom stereocenters. The van der Waals surface area contributed by atoms with Gasteiger partial charge in [-0.15, -0.1) is 0 Å². The summed E-state index contributed by atoms with van der Waals surface area (Å²) in [5.74, 6) is 0.185. The molecule has 0 aliphatic heterocycles. The van der Waals surface area contributed by atoms with Gasteiger partial charge in [0, 0.05) is 12.1 Å². The summed E-state index contributed by atoms with van der Waals surface area (Å²) in [6.07, 6.45) is 5.21. The Morgan fingerprint density at radius 3 is 2.67 bits per heavy atom. The van der Waals surface area contributed by atoms with Gasteiger partial charge in [0.15, 0.2) is 0 Å². The molecule has 0 aromatic heterocycles. The Morgan fingerprint density at radius 1 is 1.48 bits per heavy atom. The molecule has 0 bridgehead atoms. The van der Waals surface area contributed by atoms with E-state index in [4.69, 9.17) is 9.38 Å². The lowest BCUT2D eigenvalue weighted by Crippen LogP contribution is -2.40. The molecular formula is C16H22N2O3. The fourth-order valence-electron chi connectivity index (χ4n) is 3.05. The highest BCUT2D eigenvalue weighted by Gasteiger charge is 2.29. The lowest BCUT2D eigenvalue weighted by atomic mass is 9.81. The van der Waals surface area contributed by atoms with E-state index in [9.17, 15) is 10.1 Å². The number of hydrogen-bond donors (Lipinski definition) is 1. The number of nitro benzene ring substituents is 1. The van der Waals surface area contributed by atoms with Crippen LogP contribution >= 0.6 is 0 Å². The van der Waals surface area contributed by atoms with Crippen molar-refractivity contribution in [3.63, 3.8) is 0 Å². The Balaban J connectivity index is 2.37. The molecule has 5 nitrogen and oxygen atoms in total. The van der Waals surface area contributed by atoms with E-state index in [0.29, 0.717) is 11.3 Å². The Hall–Kier alpha value is -1.88. The summed E-state index contributed by atoms with van der Waals surface area (Å²) in [4.78, 5) is 10.3. The molecule has 1 aromatic rings. The normalized spacial score (nSPS) is 19.0. The largest absolute Gasteiger partial charge is 0.288 e. The molecule has 114 valence electrons. The zero-order valence-corrected chi connectivity index (χ0v) is 12.1. The molecule has 0 radical (unpaired) electrons. The average molecular weight is 293 g/mol. The molecule has 5 heteroatoms. The third kappa shape index (κ3) is 3.61. The smallest absolute Gasteiger partial charge is 0.269 e. The molecule has 1 aliphatic carbocycles. The van der Waals surface area contributed by atoms with E-state index in [1.54, 1.807) is 6.92 Å². The number of non-ortho nitro benzene ring substituents is 1. The summed E-state index contributed by atoms with van der Waals surface area (Å²) in [7, 11) is 0. The first-order valence-electron chi connectivity index (χ1n) is 8.67. The van der Waals surface area contributed by atoms with E-state index >= 15 is 0 Å². The Bertz CT molecular complexity index is 597. The molecule has 0 heterocycles. The second-order valence-corrected chi connectivity index (χ2v) is 5.63. The van der Waals surface area contributed by atoms with Gasteiger partial charge in [-0.2, -0.15) is 0 Å². The van der Waals surface area contributed by atoms with Crippen molar-refractivity contribution in [3.05, 3.63) is 46.5 Å². The van der Waals surface area contributed by atoms with Gasteiger partial charge in [0.2, 0.25) is 1.43 Å². The van der Waals surface area contributed by atoms with E-state index in [1.807, 2.05) is 0 Å². The third-order valence-corrected chi connectivity index (χ3v) is 4.11. The van der Waals surface area contributed by atoms with Crippen LogP contribution in [-0.2, 0) is 0 Å².